The maximum atomic E-state index is 12.7. The Morgan fingerprint density at radius 2 is 1.91 bits per heavy atom. The number of hydrogen-bond acceptors (Lipinski definition) is 2. The van der Waals surface area contributed by atoms with Gasteiger partial charge in [0.15, 0.2) is 0 Å². The number of rotatable bonds is 3. The van der Waals surface area contributed by atoms with Gasteiger partial charge in [0.05, 0.1) is 6.04 Å². The van der Waals surface area contributed by atoms with Crippen LogP contribution in [0.1, 0.15) is 50.1 Å². The van der Waals surface area contributed by atoms with E-state index in [9.17, 15) is 4.79 Å². The summed E-state index contributed by atoms with van der Waals surface area (Å²) in [5, 5.41) is 0. The van der Waals surface area contributed by atoms with Crippen molar-refractivity contribution in [2.24, 2.45) is 11.7 Å². The maximum absolute atomic E-state index is 12.7. The van der Waals surface area contributed by atoms with Crippen LogP contribution in [0.4, 0.5) is 0 Å². The van der Waals surface area contributed by atoms with Crippen LogP contribution < -0.4 is 5.73 Å². The third-order valence-corrected chi connectivity index (χ3v) is 5.51. The van der Waals surface area contributed by atoms with E-state index in [2.05, 4.69) is 45.1 Å². The van der Waals surface area contributed by atoms with Gasteiger partial charge in [-0.15, -0.1) is 12.4 Å². The fraction of sp³-hybridized carbons (Fsp3) is 0.588. The molecule has 0 spiro atoms. The zero-order valence-electron chi connectivity index (χ0n) is 12.7. The minimum Gasteiger partial charge on any atom is -0.336 e. The zero-order chi connectivity index (χ0) is 14.8. The average molecular weight is 388 g/mol. The lowest BCUT2D eigenvalue weighted by Crippen LogP contribution is -2.35. The Morgan fingerprint density at radius 1 is 1.18 bits per heavy atom. The highest BCUT2D eigenvalue weighted by atomic mass is 79.9. The molecule has 22 heavy (non-hydrogen) atoms. The van der Waals surface area contributed by atoms with E-state index in [4.69, 9.17) is 5.73 Å². The molecule has 3 nitrogen and oxygen atoms in total. The van der Waals surface area contributed by atoms with Gasteiger partial charge < -0.3 is 10.6 Å². The summed E-state index contributed by atoms with van der Waals surface area (Å²) < 4.78 is 1.08. The van der Waals surface area contributed by atoms with E-state index >= 15 is 0 Å². The van der Waals surface area contributed by atoms with Crippen molar-refractivity contribution in [2.45, 2.75) is 50.6 Å². The molecule has 3 rings (SSSR count). The van der Waals surface area contributed by atoms with E-state index in [1.807, 2.05) is 0 Å². The number of carbonyl (C=O) groups is 1. The number of carbonyl (C=O) groups excluding carboxylic acids is 1. The Balaban J connectivity index is 0.00000176. The molecule has 1 aliphatic heterocycles. The number of likely N-dealkylation sites (tertiary alicyclic amines) is 1. The third kappa shape index (κ3) is 3.84. The van der Waals surface area contributed by atoms with Crippen LogP contribution in [0.15, 0.2) is 28.7 Å². The molecule has 1 aromatic rings. The Morgan fingerprint density at radius 3 is 2.55 bits per heavy atom. The molecule has 122 valence electrons. The predicted molar refractivity (Wildman–Crippen MR) is 95.0 cm³/mol. The fourth-order valence-corrected chi connectivity index (χ4v) is 4.02. The SMILES string of the molecule is Cl.N[C@@H]1CCC[C@H]1CC(=O)N1CCCC1c1ccc(Br)cc1. The van der Waals surface area contributed by atoms with Gasteiger partial charge in [-0.1, -0.05) is 34.5 Å². The molecule has 0 bridgehead atoms. The topological polar surface area (TPSA) is 46.3 Å². The zero-order valence-corrected chi connectivity index (χ0v) is 15.1. The second kappa shape index (κ2) is 7.80. The molecule has 2 aliphatic rings. The first-order chi connectivity index (χ1) is 10.1. The van der Waals surface area contributed by atoms with Crippen LogP contribution in [0.25, 0.3) is 0 Å². The molecule has 1 heterocycles. The standard InChI is InChI=1S/C17H23BrN2O.ClH/c18-14-8-6-12(7-9-14)16-5-2-10-20(16)17(21)11-13-3-1-4-15(13)19;/h6-9,13,15-16H,1-5,10-11,19H2;1H/t13-,15+,16?;/m0./s1. The molecule has 5 heteroatoms. The number of benzene rings is 1. The third-order valence-electron chi connectivity index (χ3n) is 4.98. The van der Waals surface area contributed by atoms with Gasteiger partial charge in [-0.25, -0.2) is 0 Å². The lowest BCUT2D eigenvalue weighted by molar-refractivity contribution is -0.133. The Labute approximate surface area is 147 Å². The molecule has 1 amide bonds. The monoisotopic (exact) mass is 386 g/mol. The molecule has 2 N–H and O–H groups in total. The van der Waals surface area contributed by atoms with E-state index in [1.54, 1.807) is 0 Å². The van der Waals surface area contributed by atoms with Gasteiger partial charge in [0.1, 0.15) is 0 Å². The summed E-state index contributed by atoms with van der Waals surface area (Å²) in [4.78, 5) is 14.7. The first-order valence-electron chi connectivity index (χ1n) is 7.95. The molecule has 1 saturated carbocycles. The molecule has 0 aromatic heterocycles. The van der Waals surface area contributed by atoms with Gasteiger partial charge in [0, 0.05) is 23.5 Å². The van der Waals surface area contributed by atoms with Crippen LogP contribution in [0.3, 0.4) is 0 Å². The summed E-state index contributed by atoms with van der Waals surface area (Å²) in [5.74, 6) is 0.687. The van der Waals surface area contributed by atoms with Crippen molar-refractivity contribution in [3.8, 4) is 0 Å². The van der Waals surface area contributed by atoms with Crippen LogP contribution in [0, 0.1) is 5.92 Å². The van der Waals surface area contributed by atoms with Crippen molar-refractivity contribution in [3.63, 3.8) is 0 Å². The second-order valence-corrected chi connectivity index (χ2v) is 7.27. The highest BCUT2D eigenvalue weighted by Crippen LogP contribution is 2.35. The van der Waals surface area contributed by atoms with Gasteiger partial charge in [0.25, 0.3) is 0 Å². The second-order valence-electron chi connectivity index (χ2n) is 6.36. The molecule has 1 saturated heterocycles. The van der Waals surface area contributed by atoms with Crippen molar-refractivity contribution < 1.29 is 4.79 Å². The Bertz CT molecular complexity index is 508. The van der Waals surface area contributed by atoms with E-state index in [-0.39, 0.29) is 24.5 Å². The molecule has 1 aromatic carbocycles. The number of halogens is 2. The first-order valence-corrected chi connectivity index (χ1v) is 8.75. The quantitative estimate of drug-likeness (QED) is 0.850. The van der Waals surface area contributed by atoms with Crippen molar-refractivity contribution >= 4 is 34.2 Å². The highest BCUT2D eigenvalue weighted by Gasteiger charge is 2.33. The summed E-state index contributed by atoms with van der Waals surface area (Å²) >= 11 is 3.47. The highest BCUT2D eigenvalue weighted by molar-refractivity contribution is 9.10. The van der Waals surface area contributed by atoms with E-state index < -0.39 is 0 Å². The molecule has 3 atom stereocenters. The van der Waals surface area contributed by atoms with E-state index in [1.165, 1.54) is 12.0 Å². The van der Waals surface area contributed by atoms with Gasteiger partial charge >= 0.3 is 0 Å². The van der Waals surface area contributed by atoms with E-state index in [0.717, 1.165) is 36.7 Å². The van der Waals surface area contributed by atoms with Crippen LogP contribution in [-0.4, -0.2) is 23.4 Å². The van der Waals surface area contributed by atoms with Gasteiger partial charge in [-0.2, -0.15) is 0 Å². The van der Waals surface area contributed by atoms with Gasteiger partial charge in [0.2, 0.25) is 5.91 Å². The largest absolute Gasteiger partial charge is 0.336 e. The molecule has 2 fully saturated rings. The molecular formula is C17H24BrClN2O. The fourth-order valence-electron chi connectivity index (χ4n) is 3.76. The van der Waals surface area contributed by atoms with Gasteiger partial charge in [-0.05, 0) is 49.3 Å². The minimum atomic E-state index is 0. The minimum absolute atomic E-state index is 0. The van der Waals surface area contributed by atoms with Crippen LogP contribution in [-0.2, 0) is 4.79 Å². The summed E-state index contributed by atoms with van der Waals surface area (Å²) in [6.45, 7) is 0.890. The first kappa shape index (κ1) is 17.8. The normalized spacial score (nSPS) is 27.7. The summed E-state index contributed by atoms with van der Waals surface area (Å²) in [6.07, 6.45) is 6.18. The lowest BCUT2D eigenvalue weighted by atomic mass is 9.98. The molecule has 0 radical (unpaired) electrons. The Hall–Kier alpha value is -0.580. The van der Waals surface area contributed by atoms with Gasteiger partial charge in [-0.3, -0.25) is 4.79 Å². The van der Waals surface area contributed by atoms with Crippen LogP contribution in [0.5, 0.6) is 0 Å². The van der Waals surface area contributed by atoms with Crippen molar-refractivity contribution in [1.82, 2.24) is 4.90 Å². The van der Waals surface area contributed by atoms with E-state index in [0.29, 0.717) is 18.2 Å². The lowest BCUT2D eigenvalue weighted by Gasteiger charge is -2.27. The molecular weight excluding hydrogens is 364 g/mol. The van der Waals surface area contributed by atoms with Crippen LogP contribution in [0.2, 0.25) is 0 Å². The summed E-state index contributed by atoms with van der Waals surface area (Å²) in [7, 11) is 0. The van der Waals surface area contributed by atoms with Crippen molar-refractivity contribution in [3.05, 3.63) is 34.3 Å². The molecule has 1 unspecified atom stereocenters. The average Bonchev–Trinajstić information content (AvgIpc) is 3.09. The molecule has 1 aliphatic carbocycles. The van der Waals surface area contributed by atoms with Crippen LogP contribution >= 0.6 is 28.3 Å². The smallest absolute Gasteiger partial charge is 0.223 e. The maximum Gasteiger partial charge on any atom is 0.223 e. The number of amides is 1. The van der Waals surface area contributed by atoms with Crippen molar-refractivity contribution in [2.75, 3.05) is 6.54 Å². The number of nitrogens with two attached hydrogens (primary N) is 1. The number of hydrogen-bond donors (Lipinski definition) is 1. The number of nitrogens with zero attached hydrogens (tertiary/aromatic N) is 1. The summed E-state index contributed by atoms with van der Waals surface area (Å²) in [5.41, 5.74) is 7.36. The summed E-state index contributed by atoms with van der Waals surface area (Å²) in [6, 6.07) is 8.85. The predicted octanol–water partition coefficient (Wildman–Crippen LogP) is 4.05. The van der Waals surface area contributed by atoms with Crippen molar-refractivity contribution in [1.29, 1.82) is 0 Å². The Kier molecular flexibility index (Phi) is 6.30.